The van der Waals surface area contributed by atoms with Gasteiger partial charge in [0.05, 0.1) is 13.0 Å². The van der Waals surface area contributed by atoms with Gasteiger partial charge in [0.15, 0.2) is 5.12 Å². The Morgan fingerprint density at radius 1 is 1.23 bits per heavy atom. The lowest BCUT2D eigenvalue weighted by Gasteiger charge is -2.21. The minimum atomic E-state index is -0.665. The molecule has 1 rings (SSSR count). The van der Waals surface area contributed by atoms with Gasteiger partial charge in [-0.15, -0.1) is 0 Å². The van der Waals surface area contributed by atoms with Crippen molar-refractivity contribution in [2.24, 2.45) is 5.92 Å². The first-order valence-corrected chi connectivity index (χ1v) is 10.8. The number of hydrogen-bond donors (Lipinski definition) is 1. The first kappa shape index (κ1) is 22.6. The highest BCUT2D eigenvalue weighted by molar-refractivity contribution is 8.13. The Labute approximate surface area is 164 Å². The van der Waals surface area contributed by atoms with Crippen molar-refractivity contribution >= 4 is 40.5 Å². The summed E-state index contributed by atoms with van der Waals surface area (Å²) in [6.07, 6.45) is 2.98. The zero-order valence-electron chi connectivity index (χ0n) is 15.7. The van der Waals surface area contributed by atoms with E-state index in [0.717, 1.165) is 28.6 Å². The molecule has 0 aliphatic carbocycles. The van der Waals surface area contributed by atoms with Gasteiger partial charge in [-0.2, -0.15) is 11.8 Å². The van der Waals surface area contributed by atoms with E-state index < -0.39 is 17.9 Å². The Morgan fingerprint density at radius 2 is 1.92 bits per heavy atom. The standard InChI is InChI=1S/C19H27NO4S2/c1-13-7-5-6-8-15(13)11-16(12-26-14(2)21)18(22)20-17(9-10-25-4)19(23)24-3/h5-8,16-17H,9-12H2,1-4H3,(H,20,22). The van der Waals surface area contributed by atoms with Crippen LogP contribution in [0, 0.1) is 12.8 Å². The quantitative estimate of drug-likeness (QED) is 0.612. The van der Waals surface area contributed by atoms with Crippen LogP contribution in [-0.2, 0) is 25.5 Å². The number of ether oxygens (including phenoxy) is 1. The summed E-state index contributed by atoms with van der Waals surface area (Å²) in [5.41, 5.74) is 2.17. The third-order valence-corrected chi connectivity index (χ3v) is 5.62. The van der Waals surface area contributed by atoms with Crippen LogP contribution >= 0.6 is 23.5 Å². The Hall–Kier alpha value is -1.47. The molecule has 7 heteroatoms. The summed E-state index contributed by atoms with van der Waals surface area (Å²) in [5, 5.41) is 2.79. The van der Waals surface area contributed by atoms with Crippen molar-refractivity contribution in [3.8, 4) is 0 Å². The normalized spacial score (nSPS) is 12.9. The molecule has 0 aliphatic heterocycles. The fraction of sp³-hybridized carbons (Fsp3) is 0.526. The summed E-state index contributed by atoms with van der Waals surface area (Å²) in [6.45, 7) is 3.49. The Kier molecular flexibility index (Phi) is 10.4. The number of nitrogens with one attached hydrogen (secondary N) is 1. The maximum absolute atomic E-state index is 12.8. The molecule has 0 saturated heterocycles. The van der Waals surface area contributed by atoms with E-state index in [2.05, 4.69) is 5.32 Å². The first-order valence-electron chi connectivity index (χ1n) is 8.44. The van der Waals surface area contributed by atoms with Crippen molar-refractivity contribution in [1.29, 1.82) is 0 Å². The molecule has 0 heterocycles. The number of carbonyl (C=O) groups excluding carboxylic acids is 3. The minimum absolute atomic E-state index is 0.0283. The molecule has 0 aromatic heterocycles. The van der Waals surface area contributed by atoms with E-state index in [4.69, 9.17) is 4.74 Å². The van der Waals surface area contributed by atoms with Gasteiger partial charge in [0.1, 0.15) is 6.04 Å². The highest BCUT2D eigenvalue weighted by Gasteiger charge is 2.26. The van der Waals surface area contributed by atoms with Crippen molar-refractivity contribution in [3.63, 3.8) is 0 Å². The van der Waals surface area contributed by atoms with Gasteiger partial charge in [-0.1, -0.05) is 36.0 Å². The van der Waals surface area contributed by atoms with Crippen molar-refractivity contribution < 1.29 is 19.1 Å². The number of esters is 1. The molecule has 1 aromatic carbocycles. The van der Waals surface area contributed by atoms with Crippen LogP contribution in [0.25, 0.3) is 0 Å². The van der Waals surface area contributed by atoms with E-state index in [1.807, 2.05) is 37.4 Å². The van der Waals surface area contributed by atoms with Gasteiger partial charge >= 0.3 is 5.97 Å². The molecule has 0 radical (unpaired) electrons. The molecule has 0 spiro atoms. The second-order valence-electron chi connectivity index (χ2n) is 6.00. The lowest BCUT2D eigenvalue weighted by Crippen LogP contribution is -2.45. The molecule has 0 fully saturated rings. The average molecular weight is 398 g/mol. The third-order valence-electron chi connectivity index (χ3n) is 4.00. The Morgan fingerprint density at radius 3 is 2.50 bits per heavy atom. The van der Waals surface area contributed by atoms with Gasteiger partial charge in [0, 0.05) is 12.7 Å². The fourth-order valence-corrected chi connectivity index (χ4v) is 3.64. The zero-order valence-corrected chi connectivity index (χ0v) is 17.4. The van der Waals surface area contributed by atoms with Gasteiger partial charge in [0.2, 0.25) is 5.91 Å². The van der Waals surface area contributed by atoms with Gasteiger partial charge < -0.3 is 10.1 Å². The number of rotatable bonds is 10. The largest absolute Gasteiger partial charge is 0.467 e. The predicted molar refractivity (Wildman–Crippen MR) is 108 cm³/mol. The minimum Gasteiger partial charge on any atom is -0.467 e. The summed E-state index contributed by atoms with van der Waals surface area (Å²) in [6, 6.07) is 7.21. The van der Waals surface area contributed by atoms with E-state index in [9.17, 15) is 14.4 Å². The Bertz CT molecular complexity index is 621. The summed E-state index contributed by atoms with van der Waals surface area (Å²) < 4.78 is 4.80. The summed E-state index contributed by atoms with van der Waals surface area (Å²) in [7, 11) is 1.32. The summed E-state index contributed by atoms with van der Waals surface area (Å²) >= 11 is 2.74. The van der Waals surface area contributed by atoms with E-state index in [1.54, 1.807) is 11.8 Å². The van der Waals surface area contributed by atoms with Crippen molar-refractivity contribution in [2.75, 3.05) is 24.9 Å². The van der Waals surface area contributed by atoms with E-state index in [0.29, 0.717) is 18.6 Å². The number of hydrogen-bond acceptors (Lipinski definition) is 6. The van der Waals surface area contributed by atoms with Gasteiger partial charge in [-0.05, 0) is 42.9 Å². The molecule has 144 valence electrons. The SMILES string of the molecule is COC(=O)C(CCSC)NC(=O)C(CSC(C)=O)Cc1ccccc1C. The second-order valence-corrected chi connectivity index (χ2v) is 8.18. The maximum atomic E-state index is 12.8. The molecule has 0 saturated carbocycles. The maximum Gasteiger partial charge on any atom is 0.328 e. The lowest BCUT2D eigenvalue weighted by atomic mass is 9.96. The van der Waals surface area contributed by atoms with Crippen LogP contribution in [0.4, 0.5) is 0 Å². The molecule has 2 unspecified atom stereocenters. The second kappa shape index (κ2) is 12.0. The number of aryl methyl sites for hydroxylation is 1. The molecule has 1 N–H and O–H groups in total. The molecule has 1 aromatic rings. The molecular weight excluding hydrogens is 370 g/mol. The van der Waals surface area contributed by atoms with Gasteiger partial charge in [-0.25, -0.2) is 4.79 Å². The third kappa shape index (κ3) is 7.83. The van der Waals surface area contributed by atoms with Crippen LogP contribution in [0.5, 0.6) is 0 Å². The van der Waals surface area contributed by atoms with Crippen molar-refractivity contribution in [1.82, 2.24) is 5.32 Å². The number of carbonyl (C=O) groups is 3. The van der Waals surface area contributed by atoms with Crippen LogP contribution in [0.15, 0.2) is 24.3 Å². The monoisotopic (exact) mass is 397 g/mol. The van der Waals surface area contributed by atoms with E-state index in [-0.39, 0.29) is 11.0 Å². The fourth-order valence-electron chi connectivity index (χ4n) is 2.47. The smallest absolute Gasteiger partial charge is 0.328 e. The molecule has 0 bridgehead atoms. The molecule has 26 heavy (non-hydrogen) atoms. The Balaban J connectivity index is 2.89. The first-order chi connectivity index (χ1) is 12.4. The number of methoxy groups -OCH3 is 1. The van der Waals surface area contributed by atoms with Crippen LogP contribution in [-0.4, -0.2) is 47.9 Å². The average Bonchev–Trinajstić information content (AvgIpc) is 2.62. The van der Waals surface area contributed by atoms with Crippen LogP contribution in [0.3, 0.4) is 0 Å². The summed E-state index contributed by atoms with van der Waals surface area (Å²) in [4.78, 5) is 36.1. The number of benzene rings is 1. The number of amides is 1. The van der Waals surface area contributed by atoms with Gasteiger partial charge in [-0.3, -0.25) is 9.59 Å². The number of thioether (sulfide) groups is 2. The lowest BCUT2D eigenvalue weighted by molar-refractivity contribution is -0.145. The van der Waals surface area contributed by atoms with Crippen LogP contribution in [0.2, 0.25) is 0 Å². The molecule has 1 amide bonds. The molecule has 0 aliphatic rings. The zero-order chi connectivity index (χ0) is 19.5. The molecular formula is C19H27NO4S2. The highest BCUT2D eigenvalue weighted by Crippen LogP contribution is 2.19. The van der Waals surface area contributed by atoms with Crippen LogP contribution in [0.1, 0.15) is 24.5 Å². The summed E-state index contributed by atoms with van der Waals surface area (Å²) in [5.74, 6) is 0.0580. The van der Waals surface area contributed by atoms with Gasteiger partial charge in [0.25, 0.3) is 0 Å². The van der Waals surface area contributed by atoms with E-state index >= 15 is 0 Å². The van der Waals surface area contributed by atoms with Crippen LogP contribution < -0.4 is 5.32 Å². The van der Waals surface area contributed by atoms with Crippen molar-refractivity contribution in [3.05, 3.63) is 35.4 Å². The topological polar surface area (TPSA) is 72.5 Å². The molecule has 5 nitrogen and oxygen atoms in total. The van der Waals surface area contributed by atoms with E-state index in [1.165, 1.54) is 14.0 Å². The predicted octanol–water partition coefficient (Wildman–Crippen LogP) is 2.84. The highest BCUT2D eigenvalue weighted by atomic mass is 32.2. The van der Waals surface area contributed by atoms with Crippen molar-refractivity contribution in [2.45, 2.75) is 32.7 Å². The molecule has 2 atom stereocenters.